The van der Waals surface area contributed by atoms with E-state index in [2.05, 4.69) is 11.6 Å². The van der Waals surface area contributed by atoms with E-state index in [1.807, 2.05) is 13.8 Å². The summed E-state index contributed by atoms with van der Waals surface area (Å²) >= 11 is 0. The van der Waals surface area contributed by atoms with Crippen LogP contribution in [0.3, 0.4) is 0 Å². The van der Waals surface area contributed by atoms with Crippen molar-refractivity contribution in [1.29, 1.82) is 0 Å². The minimum Gasteiger partial charge on any atom is -0.457 e. The van der Waals surface area contributed by atoms with Gasteiger partial charge in [0.2, 0.25) is 17.7 Å². The number of hydrogen-bond acceptors (Lipinski definition) is 11. The molecule has 0 saturated carbocycles. The summed E-state index contributed by atoms with van der Waals surface area (Å²) in [6, 6.07) is 0. The van der Waals surface area contributed by atoms with Crippen molar-refractivity contribution in [2.45, 2.75) is 75.0 Å². The summed E-state index contributed by atoms with van der Waals surface area (Å²) in [5.74, 6) is -3.35. The Morgan fingerprint density at radius 1 is 1.14 bits per heavy atom. The number of ether oxygens (including phenoxy) is 4. The Morgan fingerprint density at radius 2 is 1.78 bits per heavy atom. The number of fused-ring (bicyclic) bond motifs is 7. The summed E-state index contributed by atoms with van der Waals surface area (Å²) in [6.45, 7) is 4.10. The smallest absolute Gasteiger partial charge is 0.306 e. The number of rotatable bonds is 9. The van der Waals surface area contributed by atoms with Gasteiger partial charge >= 0.3 is 5.97 Å². The number of hydrogen-bond donors (Lipinski definition) is 1. The fourth-order valence-electron chi connectivity index (χ4n) is 6.04. The first-order valence-corrected chi connectivity index (χ1v) is 14.0. The van der Waals surface area contributed by atoms with E-state index >= 15 is 0 Å². The Balaban J connectivity index is 1.38. The SMILES string of the molecule is C=P(OC)(OC1C(OC(=O)CCC(=O)NC)C2OC1C1C(=O)N(C)C(=O)C21)OC1[C@H]2OC[C@@]1(C)O[C@H]2C. The number of nitrogens with zero attached hydrogens (tertiary/aromatic N) is 1. The third-order valence-electron chi connectivity index (χ3n) is 7.93. The van der Waals surface area contributed by atoms with Gasteiger partial charge in [-0.25, -0.2) is 0 Å². The molecule has 11 atom stereocenters. The first kappa shape index (κ1) is 26.7. The number of likely N-dealkylation sites (tertiary alicyclic amines) is 1. The standard InChI is InChI=1S/C23H33N2O11P/c1-10-15-20(23(2,34-10)9-31-15)36-37(6,30-5)35-19-17-14-13(21(28)25(4)22(14)29)16(33-17)18(19)32-12(27)8-7-11(26)24-3/h10,13-20H,6-9H2,1-5H3,(H,24,26)/t10-,13?,14?,15-,16?,17?,18?,19?,20?,23+,37?/m0/s1. The van der Waals surface area contributed by atoms with Gasteiger partial charge in [-0.2, -0.15) is 0 Å². The van der Waals surface area contributed by atoms with Crippen LogP contribution in [0.2, 0.25) is 0 Å². The Hall–Kier alpha value is -1.86. The maximum Gasteiger partial charge on any atom is 0.306 e. The average molecular weight is 544 g/mol. The molecule has 14 heteroatoms. The lowest BCUT2D eigenvalue weighted by Crippen LogP contribution is -2.51. The van der Waals surface area contributed by atoms with Crippen molar-refractivity contribution in [1.82, 2.24) is 10.2 Å². The Morgan fingerprint density at radius 3 is 2.32 bits per heavy atom. The molecule has 3 amide bonds. The van der Waals surface area contributed by atoms with Crippen molar-refractivity contribution in [2.75, 3.05) is 27.8 Å². The second kappa shape index (κ2) is 9.41. The molecule has 5 rings (SSSR count). The van der Waals surface area contributed by atoms with Crippen LogP contribution in [0.4, 0.5) is 0 Å². The largest absolute Gasteiger partial charge is 0.457 e. The lowest BCUT2D eigenvalue weighted by molar-refractivity contribution is -0.160. The molecule has 37 heavy (non-hydrogen) atoms. The molecule has 8 unspecified atom stereocenters. The fourth-order valence-corrected chi connectivity index (χ4v) is 7.56. The molecule has 0 aromatic rings. The Labute approximate surface area is 214 Å². The molecular weight excluding hydrogens is 511 g/mol. The summed E-state index contributed by atoms with van der Waals surface area (Å²) in [5, 5.41) is 2.45. The van der Waals surface area contributed by atoms with Crippen LogP contribution in [0.15, 0.2) is 0 Å². The van der Waals surface area contributed by atoms with Gasteiger partial charge < -0.3 is 37.8 Å². The molecule has 0 aliphatic carbocycles. The van der Waals surface area contributed by atoms with Crippen LogP contribution in [-0.2, 0) is 51.7 Å². The summed E-state index contributed by atoms with van der Waals surface area (Å²) in [5.41, 5.74) is -0.715. The van der Waals surface area contributed by atoms with Gasteiger partial charge in [0.15, 0.2) is 6.10 Å². The van der Waals surface area contributed by atoms with Crippen molar-refractivity contribution >= 4 is 37.6 Å². The van der Waals surface area contributed by atoms with E-state index in [0.717, 1.165) is 4.90 Å². The highest BCUT2D eigenvalue weighted by molar-refractivity contribution is 7.59. The summed E-state index contributed by atoms with van der Waals surface area (Å²) < 4.78 is 41.8. The molecule has 0 spiro atoms. The normalized spacial score (nSPS) is 43.3. The molecule has 5 heterocycles. The van der Waals surface area contributed by atoms with E-state index < -0.39 is 67.4 Å². The van der Waals surface area contributed by atoms with Crippen LogP contribution in [0.5, 0.6) is 0 Å². The van der Waals surface area contributed by atoms with E-state index in [0.29, 0.717) is 6.61 Å². The second-order valence-electron chi connectivity index (χ2n) is 10.3. The topological polar surface area (TPSA) is 148 Å². The van der Waals surface area contributed by atoms with Crippen LogP contribution in [-0.4, -0.2) is 111 Å². The number of carbonyl (C=O) groups is 4. The molecule has 0 radical (unpaired) electrons. The van der Waals surface area contributed by atoms with Gasteiger partial charge in [0.1, 0.15) is 36.1 Å². The number of nitrogens with one attached hydrogen (secondary N) is 1. The van der Waals surface area contributed by atoms with Crippen LogP contribution < -0.4 is 5.32 Å². The van der Waals surface area contributed by atoms with E-state index in [9.17, 15) is 19.2 Å². The van der Waals surface area contributed by atoms with Crippen LogP contribution >= 0.6 is 7.57 Å². The Kier molecular flexibility index (Phi) is 6.80. The number of carbonyl (C=O) groups excluding carboxylic acids is 4. The highest BCUT2D eigenvalue weighted by atomic mass is 31.2. The predicted molar refractivity (Wildman–Crippen MR) is 126 cm³/mol. The zero-order valence-electron chi connectivity index (χ0n) is 21.4. The molecule has 5 saturated heterocycles. The molecule has 5 aliphatic heterocycles. The number of imide groups is 1. The van der Waals surface area contributed by atoms with Crippen molar-refractivity contribution in [3.63, 3.8) is 0 Å². The molecule has 5 fully saturated rings. The first-order valence-electron chi connectivity index (χ1n) is 12.3. The minimum atomic E-state index is -3.34. The van der Waals surface area contributed by atoms with E-state index in [1.165, 1.54) is 21.2 Å². The third-order valence-corrected chi connectivity index (χ3v) is 9.60. The maximum atomic E-state index is 12.9. The Bertz CT molecular complexity index is 1050. The lowest BCUT2D eigenvalue weighted by atomic mass is 9.78. The molecule has 13 nitrogen and oxygen atoms in total. The maximum absolute atomic E-state index is 12.9. The third kappa shape index (κ3) is 4.25. The molecule has 0 aromatic heterocycles. The van der Waals surface area contributed by atoms with E-state index in [1.54, 1.807) is 0 Å². The lowest BCUT2D eigenvalue weighted by Gasteiger charge is -2.37. The average Bonchev–Trinajstić information content (AvgIpc) is 3.60. The number of esters is 1. The molecule has 5 aliphatic rings. The van der Waals surface area contributed by atoms with Gasteiger partial charge in [0.25, 0.3) is 7.57 Å². The molecule has 0 aromatic carbocycles. The molecule has 4 bridgehead atoms. The zero-order valence-corrected chi connectivity index (χ0v) is 22.3. The monoisotopic (exact) mass is 544 g/mol. The highest BCUT2D eigenvalue weighted by Crippen LogP contribution is 2.60. The number of amides is 3. The van der Waals surface area contributed by atoms with Crippen LogP contribution in [0, 0.1) is 11.8 Å². The van der Waals surface area contributed by atoms with Gasteiger partial charge in [-0.3, -0.25) is 24.1 Å². The second-order valence-corrected chi connectivity index (χ2v) is 12.3. The molecular formula is C23H33N2O11P. The minimum absolute atomic E-state index is 0.0674. The van der Waals surface area contributed by atoms with Crippen molar-refractivity contribution in [2.24, 2.45) is 11.8 Å². The first-order chi connectivity index (χ1) is 17.4. The fraction of sp³-hybridized carbons (Fsp3) is 0.783. The highest BCUT2D eigenvalue weighted by Gasteiger charge is 2.71. The van der Waals surface area contributed by atoms with Crippen LogP contribution in [0.25, 0.3) is 0 Å². The summed E-state index contributed by atoms with van der Waals surface area (Å²) in [6.07, 6.45) is -1.02. The van der Waals surface area contributed by atoms with Gasteiger partial charge in [-0.1, -0.05) is 0 Å². The van der Waals surface area contributed by atoms with Gasteiger partial charge in [-0.15, -0.1) is 0 Å². The van der Waals surface area contributed by atoms with Gasteiger partial charge in [0, 0.05) is 27.6 Å². The summed E-state index contributed by atoms with van der Waals surface area (Å²) in [4.78, 5) is 51.0. The van der Waals surface area contributed by atoms with Gasteiger partial charge in [-0.05, 0) is 20.1 Å². The zero-order chi connectivity index (χ0) is 26.9. The molecule has 1 N–H and O–H groups in total. The summed E-state index contributed by atoms with van der Waals surface area (Å²) in [7, 11) is 0.935. The van der Waals surface area contributed by atoms with Crippen LogP contribution in [0.1, 0.15) is 26.7 Å². The van der Waals surface area contributed by atoms with Gasteiger partial charge in [0.05, 0.1) is 31.0 Å². The molecule has 206 valence electrons. The predicted octanol–water partition coefficient (Wildman–Crippen LogP) is -0.376. The van der Waals surface area contributed by atoms with E-state index in [4.69, 9.17) is 32.5 Å². The van der Waals surface area contributed by atoms with E-state index in [-0.39, 0.29) is 36.9 Å². The van der Waals surface area contributed by atoms with Crippen molar-refractivity contribution in [3.05, 3.63) is 0 Å². The van der Waals surface area contributed by atoms with Crippen molar-refractivity contribution < 1.29 is 51.7 Å². The quantitative estimate of drug-likeness (QED) is 0.230. The van der Waals surface area contributed by atoms with Crippen molar-refractivity contribution in [3.8, 4) is 0 Å².